The van der Waals surface area contributed by atoms with Crippen LogP contribution in [-0.4, -0.2) is 20.3 Å². The third-order valence-electron chi connectivity index (χ3n) is 4.68. The molecule has 0 amide bonds. The molecule has 0 aliphatic rings. The Hall–Kier alpha value is -4.26. The first-order valence-electron chi connectivity index (χ1n) is 9.27. The maximum Gasteiger partial charge on any atom is 0.339 e. The number of hydrogen-bond donors (Lipinski definition) is 0. The molecule has 0 aliphatic carbocycles. The number of carbonyl (C=O) groups is 1. The van der Waals surface area contributed by atoms with Gasteiger partial charge in [-0.2, -0.15) is 0 Å². The lowest BCUT2D eigenvalue weighted by atomic mass is 10.1. The highest BCUT2D eigenvalue weighted by atomic mass is 16.5. The number of esters is 1. The van der Waals surface area contributed by atoms with Crippen LogP contribution < -0.4 is 5.56 Å². The quantitative estimate of drug-likeness (QED) is 0.428. The van der Waals surface area contributed by atoms with Crippen molar-refractivity contribution in [2.45, 2.75) is 6.61 Å². The maximum atomic E-state index is 12.9. The fourth-order valence-electron chi connectivity index (χ4n) is 3.29. The van der Waals surface area contributed by atoms with Gasteiger partial charge in [0.05, 0.1) is 23.0 Å². The summed E-state index contributed by atoms with van der Waals surface area (Å²) in [5.41, 5.74) is 2.19. The summed E-state index contributed by atoms with van der Waals surface area (Å²) in [6.45, 7) is -0.119. The molecule has 0 bridgehead atoms. The zero-order valence-electron chi connectivity index (χ0n) is 15.7. The van der Waals surface area contributed by atoms with Gasteiger partial charge in [-0.3, -0.25) is 9.20 Å². The summed E-state index contributed by atoms with van der Waals surface area (Å²) in [7, 11) is 0. The molecule has 0 saturated heterocycles. The number of furan rings is 1. The molecule has 0 spiro atoms. The minimum atomic E-state index is -0.531. The first-order valence-corrected chi connectivity index (χ1v) is 9.27. The summed E-state index contributed by atoms with van der Waals surface area (Å²) in [5, 5.41) is 0.671. The number of nitrogens with zero attached hydrogens (tertiary/aromatic N) is 3. The van der Waals surface area contributed by atoms with E-state index in [9.17, 15) is 9.59 Å². The standard InChI is InChI=1S/C23H15N3O4/c27-22-12-15(24-21-9-3-4-10-26(21)22)14-30-23(28)17-13-19(20-8-5-11-29-20)25-18-7-2-1-6-16(17)18/h1-13H,14H2. The van der Waals surface area contributed by atoms with Gasteiger partial charge in [-0.05, 0) is 36.4 Å². The van der Waals surface area contributed by atoms with Crippen LogP contribution in [0.15, 0.2) is 88.4 Å². The largest absolute Gasteiger partial charge is 0.463 e. The van der Waals surface area contributed by atoms with E-state index in [1.54, 1.807) is 48.9 Å². The van der Waals surface area contributed by atoms with E-state index < -0.39 is 5.97 Å². The average Bonchev–Trinajstić information content (AvgIpc) is 3.32. The van der Waals surface area contributed by atoms with Crippen LogP contribution >= 0.6 is 0 Å². The summed E-state index contributed by atoms with van der Waals surface area (Å²) < 4.78 is 12.3. The van der Waals surface area contributed by atoms with Crippen molar-refractivity contribution in [3.05, 3.63) is 101 Å². The van der Waals surface area contributed by atoms with Gasteiger partial charge in [-0.25, -0.2) is 14.8 Å². The van der Waals surface area contributed by atoms with Gasteiger partial charge >= 0.3 is 5.97 Å². The van der Waals surface area contributed by atoms with Crippen molar-refractivity contribution in [1.29, 1.82) is 0 Å². The SMILES string of the molecule is O=C(OCc1cc(=O)n2ccccc2n1)c1cc(-c2ccco2)nc2ccccc12. The number of aromatic nitrogens is 3. The van der Waals surface area contributed by atoms with E-state index in [0.717, 1.165) is 0 Å². The molecular formula is C23H15N3O4. The van der Waals surface area contributed by atoms with Crippen LogP contribution in [0.5, 0.6) is 0 Å². The van der Waals surface area contributed by atoms with E-state index >= 15 is 0 Å². The van der Waals surface area contributed by atoms with Crippen molar-refractivity contribution in [3.63, 3.8) is 0 Å². The van der Waals surface area contributed by atoms with Crippen LogP contribution in [0.4, 0.5) is 0 Å². The lowest BCUT2D eigenvalue weighted by molar-refractivity contribution is 0.0470. The molecule has 0 unspecified atom stereocenters. The Balaban J connectivity index is 1.48. The lowest BCUT2D eigenvalue weighted by Crippen LogP contribution is -2.16. The van der Waals surface area contributed by atoms with E-state index in [1.807, 2.05) is 24.3 Å². The Labute approximate surface area is 170 Å². The normalized spacial score (nSPS) is 11.1. The van der Waals surface area contributed by atoms with E-state index in [1.165, 1.54) is 10.5 Å². The van der Waals surface area contributed by atoms with Crippen LogP contribution in [0.25, 0.3) is 28.0 Å². The number of benzene rings is 1. The molecule has 0 aliphatic heterocycles. The Morgan fingerprint density at radius 1 is 1.00 bits per heavy atom. The molecule has 0 atom stereocenters. The van der Waals surface area contributed by atoms with Crippen LogP contribution in [0, 0.1) is 0 Å². The number of hydrogen-bond acceptors (Lipinski definition) is 6. The highest BCUT2D eigenvalue weighted by molar-refractivity contribution is 6.04. The first-order chi connectivity index (χ1) is 14.7. The summed E-state index contributed by atoms with van der Waals surface area (Å²) in [6.07, 6.45) is 3.19. The smallest absolute Gasteiger partial charge is 0.339 e. The zero-order chi connectivity index (χ0) is 20.5. The van der Waals surface area contributed by atoms with E-state index in [0.29, 0.717) is 39.3 Å². The molecule has 5 aromatic rings. The third-order valence-corrected chi connectivity index (χ3v) is 4.68. The van der Waals surface area contributed by atoms with Gasteiger partial charge in [0.1, 0.15) is 17.9 Å². The van der Waals surface area contributed by atoms with Crippen molar-refractivity contribution in [2.24, 2.45) is 0 Å². The highest BCUT2D eigenvalue weighted by Crippen LogP contribution is 2.25. The minimum absolute atomic E-state index is 0.119. The number of ether oxygens (including phenoxy) is 1. The first kappa shape index (κ1) is 17.8. The predicted molar refractivity (Wildman–Crippen MR) is 110 cm³/mol. The fraction of sp³-hybridized carbons (Fsp3) is 0.0435. The van der Waals surface area contributed by atoms with Crippen molar-refractivity contribution in [1.82, 2.24) is 14.4 Å². The number of pyridine rings is 2. The van der Waals surface area contributed by atoms with Gasteiger partial charge < -0.3 is 9.15 Å². The third kappa shape index (κ3) is 3.22. The lowest BCUT2D eigenvalue weighted by Gasteiger charge is -2.09. The van der Waals surface area contributed by atoms with E-state index in [2.05, 4.69) is 9.97 Å². The van der Waals surface area contributed by atoms with Crippen LogP contribution in [0.3, 0.4) is 0 Å². The van der Waals surface area contributed by atoms with Crippen molar-refractivity contribution >= 4 is 22.5 Å². The van der Waals surface area contributed by atoms with E-state index in [-0.39, 0.29) is 12.2 Å². The van der Waals surface area contributed by atoms with Gasteiger partial charge in [0.25, 0.3) is 5.56 Å². The molecule has 7 heteroatoms. The Kier molecular flexibility index (Phi) is 4.33. The molecule has 7 nitrogen and oxygen atoms in total. The second kappa shape index (κ2) is 7.29. The Bertz CT molecular complexity index is 1440. The van der Waals surface area contributed by atoms with Crippen LogP contribution in [0.2, 0.25) is 0 Å². The number of para-hydroxylation sites is 1. The summed E-state index contributed by atoms with van der Waals surface area (Å²) in [5.74, 6) is 0.0236. The van der Waals surface area contributed by atoms with Crippen LogP contribution in [-0.2, 0) is 11.3 Å². The predicted octanol–water partition coefficient (Wildman–Crippen LogP) is 3.86. The van der Waals surface area contributed by atoms with Gasteiger partial charge in [0, 0.05) is 17.6 Å². The number of fused-ring (bicyclic) bond motifs is 2. The fourth-order valence-corrected chi connectivity index (χ4v) is 3.29. The van der Waals surface area contributed by atoms with Gasteiger partial charge in [-0.1, -0.05) is 24.3 Å². The molecule has 0 N–H and O–H groups in total. The van der Waals surface area contributed by atoms with Gasteiger partial charge in [-0.15, -0.1) is 0 Å². The molecule has 5 rings (SSSR count). The highest BCUT2D eigenvalue weighted by Gasteiger charge is 2.17. The maximum absolute atomic E-state index is 12.9. The number of carbonyl (C=O) groups excluding carboxylic acids is 1. The molecule has 0 saturated carbocycles. The second-order valence-corrected chi connectivity index (χ2v) is 6.64. The summed E-state index contributed by atoms with van der Waals surface area (Å²) in [6, 6.07) is 19.1. The van der Waals surface area contributed by atoms with Crippen molar-refractivity contribution in [2.75, 3.05) is 0 Å². The monoisotopic (exact) mass is 397 g/mol. The molecule has 4 aromatic heterocycles. The molecule has 0 radical (unpaired) electrons. The topological polar surface area (TPSA) is 86.7 Å². The summed E-state index contributed by atoms with van der Waals surface area (Å²) >= 11 is 0. The van der Waals surface area contributed by atoms with E-state index in [4.69, 9.17) is 9.15 Å². The second-order valence-electron chi connectivity index (χ2n) is 6.64. The van der Waals surface area contributed by atoms with Crippen molar-refractivity contribution < 1.29 is 13.9 Å². The Morgan fingerprint density at radius 2 is 1.87 bits per heavy atom. The molecule has 4 heterocycles. The molecule has 0 fully saturated rings. The minimum Gasteiger partial charge on any atom is -0.463 e. The van der Waals surface area contributed by atoms with Crippen LogP contribution in [0.1, 0.15) is 16.1 Å². The molecule has 146 valence electrons. The molecule has 30 heavy (non-hydrogen) atoms. The summed E-state index contributed by atoms with van der Waals surface area (Å²) in [4.78, 5) is 34.1. The van der Waals surface area contributed by atoms with Gasteiger partial charge in [0.2, 0.25) is 0 Å². The van der Waals surface area contributed by atoms with Crippen molar-refractivity contribution in [3.8, 4) is 11.5 Å². The van der Waals surface area contributed by atoms with Gasteiger partial charge in [0.15, 0.2) is 5.76 Å². The number of rotatable bonds is 4. The zero-order valence-corrected chi connectivity index (χ0v) is 15.7. The Morgan fingerprint density at radius 3 is 2.73 bits per heavy atom. The average molecular weight is 397 g/mol. The molecule has 1 aromatic carbocycles. The molecular weight excluding hydrogens is 382 g/mol.